The van der Waals surface area contributed by atoms with Gasteiger partial charge in [-0.15, -0.1) is 0 Å². The minimum absolute atomic E-state index is 0.0714. The van der Waals surface area contributed by atoms with Crippen molar-refractivity contribution in [1.82, 2.24) is 44.6 Å². The van der Waals surface area contributed by atoms with Gasteiger partial charge >= 0.3 is 18.5 Å². The van der Waals surface area contributed by atoms with E-state index in [2.05, 4.69) is 29.9 Å². The first-order valence-corrected chi connectivity index (χ1v) is 42.3. The van der Waals surface area contributed by atoms with Gasteiger partial charge in [-0.2, -0.15) is 54.5 Å². The van der Waals surface area contributed by atoms with Crippen LogP contribution in [-0.4, -0.2) is 202 Å². The van der Waals surface area contributed by atoms with Gasteiger partial charge in [0.2, 0.25) is 52.4 Å². The normalized spacial score (nSPS) is 17.9. The number of halogens is 13. The number of carbonyl (C=O) groups is 6. The summed E-state index contributed by atoms with van der Waals surface area (Å²) < 4.78 is 168. The van der Waals surface area contributed by atoms with Gasteiger partial charge in [-0.25, -0.2) is 23.7 Å². The predicted octanol–water partition coefficient (Wildman–Crippen LogP) is 15.4. The molecule has 676 valence electrons. The number of carbonyl (C=O) groups excluding carboxylic acids is 6. The Morgan fingerprint density at radius 2 is 0.717 bits per heavy atom. The summed E-state index contributed by atoms with van der Waals surface area (Å²) in [6.07, 6.45) is -6.19. The minimum atomic E-state index is -4.84. The molecule has 0 saturated carbocycles. The summed E-state index contributed by atoms with van der Waals surface area (Å²) in [5.74, 6) is -4.43. The van der Waals surface area contributed by atoms with Crippen LogP contribution in [0.1, 0.15) is 141 Å². The van der Waals surface area contributed by atoms with E-state index in [9.17, 15) is 87.2 Å². The Labute approximate surface area is 732 Å². The van der Waals surface area contributed by atoms with E-state index >= 15 is 0 Å². The maximum atomic E-state index is 13.9. The molecule has 0 bridgehead atoms. The Balaban J connectivity index is 0.000000163. The molecule has 0 aliphatic carbocycles. The maximum Gasteiger partial charge on any atom is 0.437 e. The molecule has 40 heteroatoms. The zero-order chi connectivity index (χ0) is 90.8. The van der Waals surface area contributed by atoms with Crippen molar-refractivity contribution in [2.75, 3.05) is 147 Å². The molecule has 6 aliphatic rings. The fourth-order valence-corrected chi connectivity index (χ4v) is 16.6. The lowest BCUT2D eigenvalue weighted by Gasteiger charge is -2.35. The fourth-order valence-electron chi connectivity index (χ4n) is 16.1. The molecule has 3 amide bonds. The van der Waals surface area contributed by atoms with Crippen molar-refractivity contribution >= 4 is 99.5 Å². The van der Waals surface area contributed by atoms with Gasteiger partial charge in [-0.05, 0) is 121 Å². The first-order chi connectivity index (χ1) is 60.5. The number of hydrogen-bond acceptors (Lipinski definition) is 23. The van der Waals surface area contributed by atoms with E-state index in [1.54, 1.807) is 97.3 Å². The Morgan fingerprint density at radius 1 is 0.402 bits per heavy atom. The summed E-state index contributed by atoms with van der Waals surface area (Å²) in [4.78, 5) is 128. The molecule has 3 unspecified atom stereocenters. The van der Waals surface area contributed by atoms with E-state index in [0.29, 0.717) is 179 Å². The standard InChI is InChI=1S/C29H30Cl2F3N5O3.C29H30F5N5O3.C29H31F3N6O5/c2*1-18-4-3-9-39(17-18)28-36-27(29(32,33)34)26(42-28)23(40)14-19-7-8-24(35-16-19)37-10-12-38(13-11-37)25(41)15-20-21(30)5-2-6-22(20)31;1-19-5-4-10-37(18-19)28-34-27(29(30,31)32)26(43-28)23(39)15-20-8-9-24(33-17-20)35-11-13-36(14-12-35)25(40)16-21-6-2-3-7-22(21)38(41)42/h2*2,5-8,16,18H,3-4,9-15,17H2,1H3;2-3,6-9,17,19H,4-5,10-16,18H2,1H3. The van der Waals surface area contributed by atoms with Crippen LogP contribution in [0, 0.1) is 39.5 Å². The molecule has 0 spiro atoms. The van der Waals surface area contributed by atoms with Crippen LogP contribution in [0.15, 0.2) is 129 Å². The number of piperidine rings is 3. The van der Waals surface area contributed by atoms with Crippen molar-refractivity contribution in [3.8, 4) is 0 Å². The highest BCUT2D eigenvalue weighted by Gasteiger charge is 2.46. The van der Waals surface area contributed by atoms with E-state index in [0.717, 1.165) is 50.7 Å². The monoisotopic (exact) mass is 1810 g/mol. The number of oxazole rings is 3. The number of nitro benzene ring substituents is 1. The first kappa shape index (κ1) is 92.8. The average molecular weight is 1820 g/mol. The zero-order valence-electron chi connectivity index (χ0n) is 69.5. The van der Waals surface area contributed by atoms with Gasteiger partial charge in [0.25, 0.3) is 23.7 Å². The number of anilines is 6. The van der Waals surface area contributed by atoms with E-state index < -0.39 is 86.8 Å². The SMILES string of the molecule is CC1CCCN(c2nc(C(F)(F)F)c(C(=O)Cc3ccc(N4CCN(C(=O)Cc5c(Cl)cccc5Cl)CC4)nc3)o2)C1.CC1CCCN(c2nc(C(F)(F)F)c(C(=O)Cc3ccc(N4CCN(C(=O)Cc5c(F)cccc5F)CC4)nc3)o2)C1.CC1CCCN(c2nc(C(F)(F)F)c(C(=O)Cc3ccc(N4CCN(C(=O)Cc5ccccc5[N+](=O)[O-])CC4)nc3)o2)C1. The number of nitro groups is 1. The molecule has 0 N–H and O–H groups in total. The number of ketones is 3. The number of pyridine rings is 3. The molecule has 127 heavy (non-hydrogen) atoms. The summed E-state index contributed by atoms with van der Waals surface area (Å²) in [5, 5.41) is 12.2. The quantitative estimate of drug-likeness (QED) is 0.0263. The predicted molar refractivity (Wildman–Crippen MR) is 447 cm³/mol. The van der Waals surface area contributed by atoms with Gasteiger partial charge in [-0.1, -0.05) is 92.5 Å². The summed E-state index contributed by atoms with van der Waals surface area (Å²) in [6.45, 7) is 14.3. The summed E-state index contributed by atoms with van der Waals surface area (Å²) in [7, 11) is 0. The van der Waals surface area contributed by atoms with Gasteiger partial charge in [0.05, 0.1) is 24.2 Å². The first-order valence-electron chi connectivity index (χ1n) is 41.6. The van der Waals surface area contributed by atoms with Crippen LogP contribution < -0.4 is 29.4 Å². The number of hydrogen-bond donors (Lipinski definition) is 0. The Bertz CT molecular complexity index is 5150. The lowest BCUT2D eigenvalue weighted by molar-refractivity contribution is -0.385. The molecule has 6 aliphatic heterocycles. The second-order valence-corrected chi connectivity index (χ2v) is 33.2. The van der Waals surface area contributed by atoms with E-state index in [4.69, 9.17) is 36.5 Å². The highest BCUT2D eigenvalue weighted by Crippen LogP contribution is 2.40. The minimum Gasteiger partial charge on any atom is -0.420 e. The second-order valence-electron chi connectivity index (χ2n) is 32.4. The van der Waals surface area contributed by atoms with E-state index in [-0.39, 0.29) is 97.4 Å². The summed E-state index contributed by atoms with van der Waals surface area (Å²) >= 11 is 12.4. The van der Waals surface area contributed by atoms with Gasteiger partial charge in [0.15, 0.2) is 17.1 Å². The van der Waals surface area contributed by atoms with Crippen LogP contribution in [0.3, 0.4) is 0 Å². The molecule has 27 nitrogen and oxygen atoms in total. The molecule has 3 aromatic carbocycles. The molecule has 6 saturated heterocycles. The fraction of sp³-hybridized carbons (Fsp3) is 0.448. The van der Waals surface area contributed by atoms with Crippen molar-refractivity contribution in [3.63, 3.8) is 0 Å². The smallest absolute Gasteiger partial charge is 0.420 e. The Kier molecular flexibility index (Phi) is 29.6. The maximum absolute atomic E-state index is 13.9. The topological polar surface area (TPSA) is 291 Å². The molecular formula is C87H91Cl2F11N16O11. The van der Waals surface area contributed by atoms with Gasteiger partial charge in [0, 0.05) is 183 Å². The molecule has 15 rings (SSSR count). The third-order valence-corrected chi connectivity index (χ3v) is 23.6. The Morgan fingerprint density at radius 3 is 1.02 bits per heavy atom. The number of amides is 3. The van der Waals surface area contributed by atoms with Crippen LogP contribution in [0.5, 0.6) is 0 Å². The zero-order valence-corrected chi connectivity index (χ0v) is 71.0. The van der Waals surface area contributed by atoms with Gasteiger partial charge in [0.1, 0.15) is 29.1 Å². The van der Waals surface area contributed by atoms with Crippen LogP contribution in [-0.2, 0) is 71.4 Å². The molecular weight excluding hydrogens is 1720 g/mol. The van der Waals surface area contributed by atoms with Gasteiger partial charge < -0.3 is 57.4 Å². The molecule has 6 fully saturated rings. The number of alkyl halides is 9. The highest BCUT2D eigenvalue weighted by molar-refractivity contribution is 6.36. The molecule has 6 aromatic heterocycles. The lowest BCUT2D eigenvalue weighted by Crippen LogP contribution is -2.49. The number of rotatable bonds is 22. The summed E-state index contributed by atoms with van der Waals surface area (Å²) in [6, 6.07) is 24.2. The summed E-state index contributed by atoms with van der Waals surface area (Å²) in [5.41, 5.74) is -2.05. The highest BCUT2D eigenvalue weighted by atomic mass is 35.5. The lowest BCUT2D eigenvalue weighted by atomic mass is 10.0. The van der Waals surface area contributed by atoms with Crippen LogP contribution in [0.2, 0.25) is 10.0 Å². The molecule has 9 aromatic rings. The number of nitrogens with zero attached hydrogens (tertiary/aromatic N) is 16. The second kappa shape index (κ2) is 40.4. The number of Topliss-reactive ketones (excluding diaryl/α,β-unsaturated/α-hetero) is 3. The van der Waals surface area contributed by atoms with Crippen molar-refractivity contribution in [1.29, 1.82) is 0 Å². The Hall–Kier alpha value is -11.8. The number of benzene rings is 3. The van der Waals surface area contributed by atoms with Crippen molar-refractivity contribution in [2.45, 2.75) is 116 Å². The van der Waals surface area contributed by atoms with Crippen LogP contribution in [0.25, 0.3) is 0 Å². The average Bonchev–Trinajstić information content (AvgIpc) is 1.67. The number of piperazine rings is 3. The van der Waals surface area contributed by atoms with Crippen molar-refractivity contribution in [2.24, 2.45) is 17.8 Å². The molecule has 12 heterocycles. The van der Waals surface area contributed by atoms with Gasteiger partial charge in [-0.3, -0.25) is 38.9 Å². The van der Waals surface area contributed by atoms with E-state index in [1.807, 2.05) is 35.5 Å². The van der Waals surface area contributed by atoms with Crippen LogP contribution in [0.4, 0.5) is 89.5 Å². The number of aromatic nitrogens is 6. The van der Waals surface area contributed by atoms with E-state index in [1.165, 1.54) is 35.6 Å². The molecule has 0 radical (unpaired) electrons. The van der Waals surface area contributed by atoms with Crippen LogP contribution >= 0.6 is 23.2 Å². The third kappa shape index (κ3) is 23.5. The molecule has 3 atom stereocenters. The third-order valence-electron chi connectivity index (χ3n) is 22.9. The van der Waals surface area contributed by atoms with Crippen molar-refractivity contribution < 1.29 is 95.2 Å². The van der Waals surface area contributed by atoms with Crippen molar-refractivity contribution in [3.05, 3.63) is 215 Å². The number of para-hydroxylation sites is 1. The largest absolute Gasteiger partial charge is 0.437 e.